The minimum absolute atomic E-state index is 0.103. The Kier molecular flexibility index (Phi) is 4.58. The predicted molar refractivity (Wildman–Crippen MR) is 104 cm³/mol. The van der Waals surface area contributed by atoms with Crippen LogP contribution >= 0.6 is 0 Å². The van der Waals surface area contributed by atoms with Crippen molar-refractivity contribution in [2.45, 2.75) is 6.54 Å². The van der Waals surface area contributed by atoms with Gasteiger partial charge in [-0.05, 0) is 54.1 Å². The van der Waals surface area contributed by atoms with Crippen LogP contribution in [-0.2, 0) is 6.54 Å². The number of fused-ring (bicyclic) bond motifs is 1. The third kappa shape index (κ3) is 3.01. The lowest BCUT2D eigenvalue weighted by atomic mass is 9.98. The monoisotopic (exact) mass is 377 g/mol. The summed E-state index contributed by atoms with van der Waals surface area (Å²) in [6.45, 7) is 0.593. The van der Waals surface area contributed by atoms with E-state index in [1.165, 1.54) is 0 Å². The van der Waals surface area contributed by atoms with Gasteiger partial charge in [0.2, 0.25) is 5.91 Å². The highest BCUT2D eigenvalue weighted by atomic mass is 16.3. The minimum Gasteiger partial charge on any atom is -0.464 e. The number of nitrogens with one attached hydrogen (secondary N) is 1. The predicted octanol–water partition coefficient (Wildman–Crippen LogP) is 2.42. The topological polar surface area (TPSA) is 109 Å². The molecule has 142 valence electrons. The quantitative estimate of drug-likeness (QED) is 0.611. The van der Waals surface area contributed by atoms with Crippen molar-refractivity contribution in [3.63, 3.8) is 0 Å². The molecular weight excluding hydrogens is 358 g/mol. The van der Waals surface area contributed by atoms with Crippen LogP contribution < -0.4 is 16.0 Å². The van der Waals surface area contributed by atoms with Gasteiger partial charge in [0, 0.05) is 29.9 Å². The van der Waals surface area contributed by atoms with Crippen molar-refractivity contribution >= 4 is 23.2 Å². The van der Waals surface area contributed by atoms with Crippen molar-refractivity contribution in [2.75, 3.05) is 18.1 Å². The first-order valence-electron chi connectivity index (χ1n) is 8.86. The highest BCUT2D eigenvalue weighted by Crippen LogP contribution is 2.38. The van der Waals surface area contributed by atoms with Gasteiger partial charge in [-0.1, -0.05) is 0 Å². The second-order valence-electron chi connectivity index (χ2n) is 6.43. The van der Waals surface area contributed by atoms with E-state index in [9.17, 15) is 14.7 Å². The Morgan fingerprint density at radius 3 is 2.61 bits per heavy atom. The molecule has 1 aliphatic rings. The molecule has 4 rings (SSSR count). The molecule has 2 amide bonds. The Morgan fingerprint density at radius 1 is 1.18 bits per heavy atom. The van der Waals surface area contributed by atoms with Gasteiger partial charge in [0.05, 0.1) is 24.1 Å². The van der Waals surface area contributed by atoms with Gasteiger partial charge in [-0.2, -0.15) is 0 Å². The number of nitrogens with two attached hydrogens (primary N) is 1. The Labute approximate surface area is 161 Å². The number of furan rings is 1. The van der Waals surface area contributed by atoms with E-state index >= 15 is 0 Å². The van der Waals surface area contributed by atoms with E-state index in [1.807, 2.05) is 23.1 Å². The molecule has 0 saturated carbocycles. The molecule has 0 bridgehead atoms. The Hall–Kier alpha value is -3.58. The summed E-state index contributed by atoms with van der Waals surface area (Å²) in [5.74, 6) is 0.0113. The molecule has 7 nitrogen and oxygen atoms in total. The number of primary amides is 1. The summed E-state index contributed by atoms with van der Waals surface area (Å²) in [5.41, 5.74) is 9.40. The summed E-state index contributed by atoms with van der Waals surface area (Å²) in [6, 6.07) is 14.2. The van der Waals surface area contributed by atoms with Gasteiger partial charge in [-0.25, -0.2) is 0 Å². The van der Waals surface area contributed by atoms with E-state index < -0.39 is 5.91 Å². The molecule has 2 aromatic carbocycles. The Bertz CT molecular complexity index is 1030. The summed E-state index contributed by atoms with van der Waals surface area (Å²) in [4.78, 5) is 25.8. The number of aliphatic hydroxyl groups is 1. The number of carbonyl (C=O) groups is 2. The summed E-state index contributed by atoms with van der Waals surface area (Å²) < 4.78 is 5.51. The molecule has 3 aromatic rings. The lowest BCUT2D eigenvalue weighted by Gasteiger charge is -2.26. The van der Waals surface area contributed by atoms with Gasteiger partial charge >= 0.3 is 0 Å². The normalized spacial score (nSPS) is 12.5. The highest BCUT2D eigenvalue weighted by Gasteiger charge is 2.29. The van der Waals surface area contributed by atoms with Crippen molar-refractivity contribution < 1.29 is 19.1 Å². The largest absolute Gasteiger partial charge is 0.464 e. The molecule has 0 atom stereocenters. The first-order valence-corrected chi connectivity index (χ1v) is 8.86. The summed E-state index contributed by atoms with van der Waals surface area (Å²) in [6.07, 6.45) is 1.60. The van der Waals surface area contributed by atoms with E-state index in [-0.39, 0.29) is 19.1 Å². The molecule has 0 aliphatic carbocycles. The highest BCUT2D eigenvalue weighted by molar-refractivity contribution is 6.06. The molecule has 0 radical (unpaired) electrons. The molecule has 4 N–H and O–H groups in total. The van der Waals surface area contributed by atoms with E-state index in [0.29, 0.717) is 29.1 Å². The lowest BCUT2D eigenvalue weighted by molar-refractivity contribution is 0.0964. The van der Waals surface area contributed by atoms with Gasteiger partial charge in [-0.15, -0.1) is 0 Å². The van der Waals surface area contributed by atoms with E-state index in [4.69, 9.17) is 10.2 Å². The van der Waals surface area contributed by atoms with Crippen molar-refractivity contribution in [2.24, 2.45) is 5.73 Å². The number of carbonyl (C=O) groups excluding carboxylic acids is 2. The average molecular weight is 377 g/mol. The Morgan fingerprint density at radius 2 is 1.96 bits per heavy atom. The van der Waals surface area contributed by atoms with Crippen molar-refractivity contribution in [1.82, 2.24) is 5.32 Å². The molecule has 0 spiro atoms. The second kappa shape index (κ2) is 7.21. The van der Waals surface area contributed by atoms with Crippen LogP contribution in [0.1, 0.15) is 26.3 Å². The van der Waals surface area contributed by atoms with Crippen LogP contribution in [-0.4, -0.2) is 30.1 Å². The lowest BCUT2D eigenvalue weighted by Crippen LogP contribution is -2.24. The zero-order chi connectivity index (χ0) is 19.7. The molecule has 1 aliphatic heterocycles. The summed E-state index contributed by atoms with van der Waals surface area (Å²) in [7, 11) is 0. The fourth-order valence-corrected chi connectivity index (χ4v) is 3.51. The number of hydrogen-bond acceptors (Lipinski definition) is 5. The molecule has 1 aromatic heterocycles. The Balaban J connectivity index is 1.82. The third-order valence-corrected chi connectivity index (χ3v) is 4.81. The van der Waals surface area contributed by atoms with Gasteiger partial charge in [0.15, 0.2) is 0 Å². The maximum Gasteiger partial charge on any atom is 0.254 e. The second-order valence-corrected chi connectivity index (χ2v) is 6.43. The van der Waals surface area contributed by atoms with Gasteiger partial charge in [0.25, 0.3) is 5.91 Å². The van der Waals surface area contributed by atoms with Gasteiger partial charge < -0.3 is 25.5 Å². The van der Waals surface area contributed by atoms with E-state index in [0.717, 1.165) is 16.8 Å². The molecule has 28 heavy (non-hydrogen) atoms. The number of rotatable bonds is 6. The van der Waals surface area contributed by atoms with Crippen LogP contribution in [0.5, 0.6) is 0 Å². The fraction of sp³-hybridized carbons (Fsp3) is 0.143. The van der Waals surface area contributed by atoms with Crippen LogP contribution in [0.3, 0.4) is 0 Å². The van der Waals surface area contributed by atoms with Gasteiger partial charge in [-0.3, -0.25) is 9.59 Å². The number of nitrogens with zero attached hydrogens (tertiary/aromatic N) is 1. The molecule has 0 saturated heterocycles. The molecule has 2 heterocycles. The smallest absolute Gasteiger partial charge is 0.254 e. The summed E-state index contributed by atoms with van der Waals surface area (Å²) in [5, 5.41) is 12.5. The molecular formula is C21H19N3O4. The fourth-order valence-electron chi connectivity index (χ4n) is 3.51. The zero-order valence-electron chi connectivity index (χ0n) is 15.0. The van der Waals surface area contributed by atoms with Crippen LogP contribution in [0.4, 0.5) is 11.4 Å². The molecule has 7 heteroatoms. The van der Waals surface area contributed by atoms with Crippen molar-refractivity contribution in [3.8, 4) is 11.3 Å². The summed E-state index contributed by atoms with van der Waals surface area (Å²) >= 11 is 0. The van der Waals surface area contributed by atoms with Crippen LogP contribution in [0, 0.1) is 0 Å². The third-order valence-electron chi connectivity index (χ3n) is 4.81. The van der Waals surface area contributed by atoms with Crippen LogP contribution in [0.2, 0.25) is 0 Å². The standard InChI is InChI=1S/C21H19N3O4/c22-20(26)13-3-5-14(6-4-13)24(9-10-25)17-8-7-15(18-2-1-11-28-18)16-12-23-21(27)19(16)17/h1-8,11,25H,9-10,12H2,(H2,22,26)(H,23,27). The average Bonchev–Trinajstić information content (AvgIpc) is 3.36. The van der Waals surface area contributed by atoms with Gasteiger partial charge in [0.1, 0.15) is 5.76 Å². The first-order chi connectivity index (χ1) is 13.6. The minimum atomic E-state index is -0.511. The number of amides is 2. The molecule has 0 unspecified atom stereocenters. The first kappa shape index (κ1) is 17.8. The van der Waals surface area contributed by atoms with Crippen molar-refractivity contribution in [3.05, 3.63) is 71.5 Å². The van der Waals surface area contributed by atoms with Crippen LogP contribution in [0.15, 0.2) is 59.2 Å². The SMILES string of the molecule is NC(=O)c1ccc(N(CCO)c2ccc(-c3ccco3)c3c2C(=O)NC3)cc1. The maximum atomic E-state index is 12.6. The van der Waals surface area contributed by atoms with Crippen molar-refractivity contribution in [1.29, 1.82) is 0 Å². The molecule has 0 fully saturated rings. The van der Waals surface area contributed by atoms with E-state index in [2.05, 4.69) is 5.32 Å². The zero-order valence-corrected chi connectivity index (χ0v) is 15.0. The number of benzene rings is 2. The van der Waals surface area contributed by atoms with Crippen LogP contribution in [0.25, 0.3) is 11.3 Å². The van der Waals surface area contributed by atoms with E-state index in [1.54, 1.807) is 36.6 Å². The number of aliphatic hydroxyl groups excluding tert-OH is 1. The maximum absolute atomic E-state index is 12.6. The number of anilines is 2. The number of hydrogen-bond donors (Lipinski definition) is 3.